The molecule has 1 aromatic heterocycles. The molecule has 0 aliphatic carbocycles. The molecule has 0 radical (unpaired) electrons. The van der Waals surface area contributed by atoms with Gasteiger partial charge in [-0.3, -0.25) is 0 Å². The van der Waals surface area contributed by atoms with Gasteiger partial charge >= 0.3 is 0 Å². The summed E-state index contributed by atoms with van der Waals surface area (Å²) < 4.78 is 0. The highest BCUT2D eigenvalue weighted by atomic mass is 14.8. The highest BCUT2D eigenvalue weighted by molar-refractivity contribution is 5.62. The maximum absolute atomic E-state index is 5.60. The van der Waals surface area contributed by atoms with Gasteiger partial charge in [0.2, 0.25) is 0 Å². The van der Waals surface area contributed by atoms with E-state index in [1.54, 1.807) is 6.33 Å². The molecule has 88 valence electrons. The van der Waals surface area contributed by atoms with Crippen molar-refractivity contribution in [1.82, 2.24) is 9.97 Å². The first-order valence-electron chi connectivity index (χ1n) is 5.86. The number of nitrogens with two attached hydrogens (primary N) is 1. The van der Waals surface area contributed by atoms with Gasteiger partial charge in [0.1, 0.15) is 6.33 Å². The lowest BCUT2D eigenvalue weighted by Crippen LogP contribution is -2.04. The van der Waals surface area contributed by atoms with Gasteiger partial charge in [-0.05, 0) is 30.0 Å². The zero-order chi connectivity index (χ0) is 12.1. The lowest BCUT2D eigenvalue weighted by Gasteiger charge is -2.11. The van der Waals surface area contributed by atoms with E-state index in [0.29, 0.717) is 5.92 Å². The van der Waals surface area contributed by atoms with Gasteiger partial charge in [0.15, 0.2) is 0 Å². The molecule has 17 heavy (non-hydrogen) atoms. The average molecular weight is 227 g/mol. The number of nitrogens with zero attached hydrogens (tertiary/aromatic N) is 2. The van der Waals surface area contributed by atoms with Crippen LogP contribution in [0.25, 0.3) is 11.1 Å². The van der Waals surface area contributed by atoms with Crippen molar-refractivity contribution in [2.45, 2.75) is 19.3 Å². The Morgan fingerprint density at radius 2 is 1.94 bits per heavy atom. The molecule has 1 heterocycles. The van der Waals surface area contributed by atoms with Crippen LogP contribution in [0.2, 0.25) is 0 Å². The van der Waals surface area contributed by atoms with E-state index >= 15 is 0 Å². The molecule has 0 aliphatic heterocycles. The van der Waals surface area contributed by atoms with Gasteiger partial charge in [-0.1, -0.05) is 31.2 Å². The molecule has 0 saturated carbocycles. The zero-order valence-corrected chi connectivity index (χ0v) is 10.0. The van der Waals surface area contributed by atoms with E-state index in [9.17, 15) is 0 Å². The number of hydrogen-bond acceptors (Lipinski definition) is 3. The van der Waals surface area contributed by atoms with Crippen molar-refractivity contribution < 1.29 is 0 Å². The fraction of sp³-hybridized carbons (Fsp3) is 0.286. The highest BCUT2D eigenvalue weighted by Gasteiger charge is 2.06. The standard InChI is InChI=1S/C14H17N3/c1-11(5-6-15)12-3-2-4-13(7-12)14-8-16-10-17-9-14/h2-4,7-11H,5-6,15H2,1H3. The second-order valence-electron chi connectivity index (χ2n) is 4.23. The van der Waals surface area contributed by atoms with Crippen LogP contribution >= 0.6 is 0 Å². The summed E-state index contributed by atoms with van der Waals surface area (Å²) >= 11 is 0. The summed E-state index contributed by atoms with van der Waals surface area (Å²) in [7, 11) is 0. The summed E-state index contributed by atoms with van der Waals surface area (Å²) in [5.41, 5.74) is 9.12. The molecule has 3 heteroatoms. The topological polar surface area (TPSA) is 51.8 Å². The first-order valence-corrected chi connectivity index (χ1v) is 5.86. The molecule has 2 rings (SSSR count). The van der Waals surface area contributed by atoms with Crippen molar-refractivity contribution in [3.63, 3.8) is 0 Å². The van der Waals surface area contributed by atoms with Crippen LogP contribution in [0, 0.1) is 0 Å². The first kappa shape index (κ1) is 11.7. The minimum Gasteiger partial charge on any atom is -0.330 e. The predicted molar refractivity (Wildman–Crippen MR) is 69.6 cm³/mol. The van der Waals surface area contributed by atoms with Crippen molar-refractivity contribution in [2.24, 2.45) is 5.73 Å². The maximum atomic E-state index is 5.60. The van der Waals surface area contributed by atoms with E-state index in [4.69, 9.17) is 5.73 Å². The summed E-state index contributed by atoms with van der Waals surface area (Å²) in [6, 6.07) is 8.49. The molecule has 1 unspecified atom stereocenters. The lowest BCUT2D eigenvalue weighted by molar-refractivity contribution is 0.690. The summed E-state index contributed by atoms with van der Waals surface area (Å²) in [4.78, 5) is 8.08. The van der Waals surface area contributed by atoms with Crippen LogP contribution in [0.5, 0.6) is 0 Å². The van der Waals surface area contributed by atoms with Crippen LogP contribution < -0.4 is 5.73 Å². The maximum Gasteiger partial charge on any atom is 0.115 e. The first-order chi connectivity index (χ1) is 8.31. The SMILES string of the molecule is CC(CCN)c1cccc(-c2cncnc2)c1. The van der Waals surface area contributed by atoms with Crippen molar-refractivity contribution in [3.05, 3.63) is 48.5 Å². The highest BCUT2D eigenvalue weighted by Crippen LogP contribution is 2.24. The third-order valence-electron chi connectivity index (χ3n) is 2.95. The molecule has 2 N–H and O–H groups in total. The summed E-state index contributed by atoms with van der Waals surface area (Å²) in [6.07, 6.45) is 6.22. The second-order valence-corrected chi connectivity index (χ2v) is 4.23. The van der Waals surface area contributed by atoms with Gasteiger partial charge in [0.05, 0.1) is 0 Å². The van der Waals surface area contributed by atoms with Crippen LogP contribution in [0.4, 0.5) is 0 Å². The molecular formula is C14H17N3. The number of aromatic nitrogens is 2. The molecule has 0 spiro atoms. The van der Waals surface area contributed by atoms with Crippen molar-refractivity contribution in [1.29, 1.82) is 0 Å². The van der Waals surface area contributed by atoms with Crippen LogP contribution in [-0.4, -0.2) is 16.5 Å². The molecule has 0 bridgehead atoms. The van der Waals surface area contributed by atoms with Gasteiger partial charge in [-0.25, -0.2) is 9.97 Å². The van der Waals surface area contributed by atoms with E-state index in [1.165, 1.54) is 5.56 Å². The summed E-state index contributed by atoms with van der Waals surface area (Å²) in [5, 5.41) is 0. The van der Waals surface area contributed by atoms with E-state index in [2.05, 4.69) is 41.2 Å². The second kappa shape index (κ2) is 5.55. The third kappa shape index (κ3) is 2.88. The van der Waals surface area contributed by atoms with Crippen LogP contribution in [0.1, 0.15) is 24.8 Å². The molecule has 0 aliphatic rings. The van der Waals surface area contributed by atoms with Crippen molar-refractivity contribution >= 4 is 0 Å². The van der Waals surface area contributed by atoms with Crippen molar-refractivity contribution in [3.8, 4) is 11.1 Å². The van der Waals surface area contributed by atoms with Gasteiger partial charge < -0.3 is 5.73 Å². The van der Waals surface area contributed by atoms with Crippen LogP contribution in [0.3, 0.4) is 0 Å². The Balaban J connectivity index is 2.29. The van der Waals surface area contributed by atoms with E-state index in [0.717, 1.165) is 24.1 Å². The van der Waals surface area contributed by atoms with Crippen LogP contribution in [0.15, 0.2) is 43.0 Å². The molecule has 3 nitrogen and oxygen atoms in total. The van der Waals surface area contributed by atoms with Gasteiger partial charge in [0, 0.05) is 18.0 Å². The minimum atomic E-state index is 0.490. The molecule has 0 amide bonds. The number of rotatable bonds is 4. The molecule has 2 aromatic rings. The molecule has 1 aromatic carbocycles. The predicted octanol–water partition coefficient (Wildman–Crippen LogP) is 2.60. The Bertz CT molecular complexity index is 468. The molecule has 0 fully saturated rings. The molecule has 0 saturated heterocycles. The zero-order valence-electron chi connectivity index (χ0n) is 10.0. The van der Waals surface area contributed by atoms with Gasteiger partial charge in [-0.2, -0.15) is 0 Å². The summed E-state index contributed by atoms with van der Waals surface area (Å²) in [5.74, 6) is 0.490. The largest absolute Gasteiger partial charge is 0.330 e. The number of benzene rings is 1. The Morgan fingerprint density at radius 1 is 1.18 bits per heavy atom. The lowest BCUT2D eigenvalue weighted by atomic mass is 9.95. The number of hydrogen-bond donors (Lipinski definition) is 1. The smallest absolute Gasteiger partial charge is 0.115 e. The van der Waals surface area contributed by atoms with Gasteiger partial charge in [0.25, 0.3) is 0 Å². The Morgan fingerprint density at radius 3 is 2.65 bits per heavy atom. The fourth-order valence-electron chi connectivity index (χ4n) is 1.89. The Labute approximate surface area is 102 Å². The Kier molecular flexibility index (Phi) is 3.83. The normalized spacial score (nSPS) is 12.4. The van der Waals surface area contributed by atoms with E-state index in [1.807, 2.05) is 12.4 Å². The van der Waals surface area contributed by atoms with E-state index in [-0.39, 0.29) is 0 Å². The van der Waals surface area contributed by atoms with Crippen LogP contribution in [-0.2, 0) is 0 Å². The van der Waals surface area contributed by atoms with Gasteiger partial charge in [-0.15, -0.1) is 0 Å². The van der Waals surface area contributed by atoms with Crippen molar-refractivity contribution in [2.75, 3.05) is 6.54 Å². The third-order valence-corrected chi connectivity index (χ3v) is 2.95. The molecule has 1 atom stereocenters. The average Bonchev–Trinajstić information content (AvgIpc) is 2.40. The Hall–Kier alpha value is -1.74. The molecular weight excluding hydrogens is 210 g/mol. The summed E-state index contributed by atoms with van der Waals surface area (Å²) in [6.45, 7) is 2.92. The minimum absolute atomic E-state index is 0.490. The fourth-order valence-corrected chi connectivity index (χ4v) is 1.89. The van der Waals surface area contributed by atoms with E-state index < -0.39 is 0 Å². The monoisotopic (exact) mass is 227 g/mol. The quantitative estimate of drug-likeness (QED) is 0.873.